The Morgan fingerprint density at radius 1 is 1.19 bits per heavy atom. The fraction of sp³-hybridized carbons (Fsp3) is 0.500. The van der Waals surface area contributed by atoms with Crippen molar-refractivity contribution in [1.82, 2.24) is 9.80 Å². The molecule has 0 spiro atoms. The lowest BCUT2D eigenvalue weighted by Crippen LogP contribution is -2.51. The summed E-state index contributed by atoms with van der Waals surface area (Å²) >= 11 is 0. The molecule has 1 aromatic heterocycles. The summed E-state index contributed by atoms with van der Waals surface area (Å²) in [4.78, 5) is 18.2. The van der Waals surface area contributed by atoms with Crippen LogP contribution in [0.4, 0.5) is 0 Å². The number of piperidine rings is 2. The molecule has 1 aromatic carbocycles. The number of carbonyl (C=O) groups is 1. The van der Waals surface area contributed by atoms with Gasteiger partial charge >= 0.3 is 0 Å². The van der Waals surface area contributed by atoms with E-state index in [1.54, 1.807) is 18.4 Å². The first-order chi connectivity index (χ1) is 15.7. The topological polar surface area (TPSA) is 55.2 Å². The van der Waals surface area contributed by atoms with Crippen LogP contribution >= 0.6 is 0 Å². The number of Topliss-reactive ketones (excluding diaryl/α,β-unsaturated/α-hetero) is 1. The fourth-order valence-corrected chi connectivity index (χ4v) is 6.02. The molecule has 6 rings (SSSR count). The molecule has 6 heteroatoms. The van der Waals surface area contributed by atoms with Crippen LogP contribution in [0.2, 0.25) is 0 Å². The molecule has 2 saturated heterocycles. The van der Waals surface area contributed by atoms with Gasteiger partial charge in [0.05, 0.1) is 17.4 Å². The molecule has 2 fully saturated rings. The molecular weight excluding hydrogens is 404 g/mol. The minimum Gasteiger partial charge on any atom is -0.478 e. The molecule has 0 radical (unpaired) electrons. The first-order valence-electron chi connectivity index (χ1n) is 11.9. The molecule has 2 atom stereocenters. The van der Waals surface area contributed by atoms with Crippen molar-refractivity contribution in [3.8, 4) is 11.5 Å². The third kappa shape index (κ3) is 3.46. The zero-order valence-corrected chi connectivity index (χ0v) is 18.6. The second kappa shape index (κ2) is 8.09. The maximum absolute atomic E-state index is 13.1. The van der Waals surface area contributed by atoms with Crippen molar-refractivity contribution in [2.24, 2.45) is 5.92 Å². The van der Waals surface area contributed by atoms with Crippen molar-refractivity contribution >= 4 is 11.9 Å². The molecule has 5 heterocycles. The highest BCUT2D eigenvalue weighted by atomic mass is 16.5. The predicted octanol–water partition coefficient (Wildman–Crippen LogP) is 4.62. The van der Waals surface area contributed by atoms with Crippen molar-refractivity contribution in [3.63, 3.8) is 0 Å². The molecule has 0 bridgehead atoms. The van der Waals surface area contributed by atoms with Gasteiger partial charge in [0.15, 0.2) is 5.76 Å². The number of hydrogen-bond acceptors (Lipinski definition) is 6. The summed E-state index contributed by atoms with van der Waals surface area (Å²) in [5, 5.41) is 0. The molecule has 6 nitrogen and oxygen atoms in total. The first-order valence-corrected chi connectivity index (χ1v) is 11.9. The number of ketones is 1. The molecule has 4 aliphatic rings. The van der Waals surface area contributed by atoms with E-state index < -0.39 is 0 Å². The van der Waals surface area contributed by atoms with E-state index in [-0.39, 0.29) is 5.78 Å². The highest BCUT2D eigenvalue weighted by Crippen LogP contribution is 2.44. The van der Waals surface area contributed by atoms with Gasteiger partial charge < -0.3 is 18.8 Å². The largest absolute Gasteiger partial charge is 0.478 e. The zero-order valence-electron chi connectivity index (χ0n) is 18.6. The number of rotatable bonds is 3. The molecule has 0 aliphatic carbocycles. The smallest absolute Gasteiger partial charge is 0.232 e. The van der Waals surface area contributed by atoms with Crippen LogP contribution in [-0.2, 0) is 6.54 Å². The van der Waals surface area contributed by atoms with Crippen molar-refractivity contribution < 1.29 is 18.7 Å². The summed E-state index contributed by atoms with van der Waals surface area (Å²) in [5.74, 6) is 3.03. The molecule has 0 N–H and O–H groups in total. The Kier molecular flexibility index (Phi) is 5.07. The lowest BCUT2D eigenvalue weighted by molar-refractivity contribution is 0.0141. The van der Waals surface area contributed by atoms with Gasteiger partial charge in [-0.25, -0.2) is 0 Å². The second-order valence-electron chi connectivity index (χ2n) is 9.62. The molecule has 0 amide bonds. The standard InChI is InChI=1S/C26H30N2O4/c1-17-12-22-20(26-24(17)25(29)23(32-26)13-19-7-5-11-30-19)15-27(16-31-22)14-18-6-4-10-28-9-3-2-8-21(18)28/h5,7,11-13,18,21H,2-4,6,8-10,14-16H2,1H3. The molecule has 32 heavy (non-hydrogen) atoms. The number of allylic oxidation sites excluding steroid dienone is 1. The third-order valence-corrected chi connectivity index (χ3v) is 7.53. The van der Waals surface area contributed by atoms with E-state index in [2.05, 4.69) is 9.80 Å². The summed E-state index contributed by atoms with van der Waals surface area (Å²) in [6, 6.07) is 6.32. The van der Waals surface area contributed by atoms with Crippen LogP contribution in [0.3, 0.4) is 0 Å². The van der Waals surface area contributed by atoms with E-state index in [9.17, 15) is 4.79 Å². The van der Waals surface area contributed by atoms with Gasteiger partial charge in [-0.3, -0.25) is 9.69 Å². The highest BCUT2D eigenvalue weighted by molar-refractivity contribution is 6.15. The Morgan fingerprint density at radius 2 is 2.09 bits per heavy atom. The maximum atomic E-state index is 13.1. The van der Waals surface area contributed by atoms with Crippen LogP contribution in [0.1, 0.15) is 59.3 Å². The Morgan fingerprint density at radius 3 is 2.97 bits per heavy atom. The Balaban J connectivity index is 1.25. The summed E-state index contributed by atoms with van der Waals surface area (Å²) < 4.78 is 17.7. The number of aryl methyl sites for hydroxylation is 1. The predicted molar refractivity (Wildman–Crippen MR) is 121 cm³/mol. The van der Waals surface area contributed by atoms with Gasteiger partial charge in [0.2, 0.25) is 5.78 Å². The van der Waals surface area contributed by atoms with Gasteiger partial charge in [-0.1, -0.05) is 6.42 Å². The van der Waals surface area contributed by atoms with E-state index in [0.29, 0.717) is 41.5 Å². The quantitative estimate of drug-likeness (QED) is 0.657. The fourth-order valence-electron chi connectivity index (χ4n) is 6.02. The van der Waals surface area contributed by atoms with Crippen molar-refractivity contribution in [3.05, 3.63) is 52.7 Å². The van der Waals surface area contributed by atoms with Gasteiger partial charge in [0, 0.05) is 25.2 Å². The SMILES string of the molecule is Cc1cc2c(c3c1C(=O)C(=Cc1ccco1)O3)CN(CC1CCCN3CCCCC13)CO2. The molecular formula is C26H30N2O4. The van der Waals surface area contributed by atoms with Crippen molar-refractivity contribution in [2.75, 3.05) is 26.4 Å². The second-order valence-corrected chi connectivity index (χ2v) is 9.62. The Hall–Kier alpha value is -2.57. The van der Waals surface area contributed by atoms with E-state index >= 15 is 0 Å². The molecule has 168 valence electrons. The van der Waals surface area contributed by atoms with Crippen LogP contribution in [0.5, 0.6) is 11.5 Å². The minimum atomic E-state index is -0.0843. The highest BCUT2D eigenvalue weighted by Gasteiger charge is 2.38. The molecule has 2 unspecified atom stereocenters. The minimum absolute atomic E-state index is 0.0843. The third-order valence-electron chi connectivity index (χ3n) is 7.53. The van der Waals surface area contributed by atoms with E-state index in [4.69, 9.17) is 13.9 Å². The maximum Gasteiger partial charge on any atom is 0.232 e. The lowest BCUT2D eigenvalue weighted by Gasteiger charge is -2.46. The monoisotopic (exact) mass is 434 g/mol. The Bertz CT molecular complexity index is 1060. The number of furan rings is 1. The van der Waals surface area contributed by atoms with Crippen LogP contribution in [-0.4, -0.2) is 48.0 Å². The summed E-state index contributed by atoms with van der Waals surface area (Å²) in [5.41, 5.74) is 2.54. The normalized spacial score (nSPS) is 26.9. The van der Waals surface area contributed by atoms with E-state index in [1.165, 1.54) is 45.2 Å². The zero-order chi connectivity index (χ0) is 21.7. The van der Waals surface area contributed by atoms with Crippen LogP contribution < -0.4 is 9.47 Å². The molecule has 4 aliphatic heterocycles. The molecule has 2 aromatic rings. The van der Waals surface area contributed by atoms with E-state index in [1.807, 2.05) is 19.1 Å². The number of carbonyl (C=O) groups excluding carboxylic acids is 1. The summed E-state index contributed by atoms with van der Waals surface area (Å²) in [6.45, 7) is 6.85. The van der Waals surface area contributed by atoms with E-state index in [0.717, 1.165) is 30.0 Å². The summed E-state index contributed by atoms with van der Waals surface area (Å²) in [7, 11) is 0. The van der Waals surface area contributed by atoms with Gasteiger partial charge in [-0.15, -0.1) is 0 Å². The average Bonchev–Trinajstić information content (AvgIpc) is 3.43. The number of hydrogen-bond donors (Lipinski definition) is 0. The Labute approximate surface area is 188 Å². The number of fused-ring (bicyclic) bond motifs is 4. The van der Waals surface area contributed by atoms with Crippen molar-refractivity contribution in [2.45, 2.75) is 51.6 Å². The average molecular weight is 435 g/mol. The number of benzene rings is 1. The van der Waals surface area contributed by atoms with Gasteiger partial charge in [-0.05, 0) is 75.4 Å². The molecule has 0 saturated carbocycles. The first kappa shape index (κ1) is 20.1. The number of ether oxygens (including phenoxy) is 2. The van der Waals surface area contributed by atoms with Gasteiger partial charge in [0.1, 0.15) is 24.0 Å². The van der Waals surface area contributed by atoms with Gasteiger partial charge in [-0.2, -0.15) is 0 Å². The lowest BCUT2D eigenvalue weighted by atomic mass is 9.83. The van der Waals surface area contributed by atoms with Crippen molar-refractivity contribution in [1.29, 1.82) is 0 Å². The van der Waals surface area contributed by atoms with Crippen LogP contribution in [0.25, 0.3) is 6.08 Å². The van der Waals surface area contributed by atoms with Crippen LogP contribution in [0.15, 0.2) is 34.6 Å². The van der Waals surface area contributed by atoms with Crippen LogP contribution in [0, 0.1) is 12.8 Å². The van der Waals surface area contributed by atoms with Gasteiger partial charge in [0.25, 0.3) is 0 Å². The number of nitrogens with zero attached hydrogens (tertiary/aromatic N) is 2. The summed E-state index contributed by atoms with van der Waals surface area (Å²) in [6.07, 6.45) is 9.87.